The van der Waals surface area contributed by atoms with E-state index in [0.29, 0.717) is 77.5 Å². The molecule has 0 aliphatic rings. The summed E-state index contributed by atoms with van der Waals surface area (Å²) in [6.45, 7) is 1.78. The molecule has 0 rings (SSSR count). The molecule has 17 N–H and O–H groups in total. The van der Waals surface area contributed by atoms with Crippen LogP contribution in [0.2, 0.25) is 0 Å². The summed E-state index contributed by atoms with van der Waals surface area (Å²) in [5, 5.41) is 25.2. The van der Waals surface area contributed by atoms with Crippen molar-refractivity contribution < 1.29 is 38.7 Å². The number of nitrogens with one attached hydrogen (secondary N) is 6. The minimum Gasteiger partial charge on any atom is -0.394 e. The molecule has 20 heteroatoms. The maximum absolute atomic E-state index is 13.7. The summed E-state index contributed by atoms with van der Waals surface area (Å²) < 4.78 is 0. The molecule has 0 bridgehead atoms. The Kier molecular flexibility index (Phi) is 27.0. The molecule has 0 aliphatic carbocycles. The fourth-order valence-electron chi connectivity index (χ4n) is 5.06. The molecular formula is C32H63N11O8S. The Morgan fingerprint density at radius 3 is 1.06 bits per heavy atom. The van der Waals surface area contributed by atoms with Crippen LogP contribution in [0.4, 0.5) is 0 Å². The van der Waals surface area contributed by atoms with Crippen LogP contribution in [-0.4, -0.2) is 121 Å². The van der Waals surface area contributed by atoms with Gasteiger partial charge in [0.15, 0.2) is 0 Å². The third kappa shape index (κ3) is 20.5. The molecule has 0 aliphatic heterocycles. The topological polar surface area (TPSA) is 342 Å². The highest BCUT2D eigenvalue weighted by Gasteiger charge is 2.32. The Bertz CT molecular complexity index is 1120. The van der Waals surface area contributed by atoms with Crippen molar-refractivity contribution in [1.29, 1.82) is 0 Å². The summed E-state index contributed by atoms with van der Waals surface area (Å²) in [6.07, 6.45) is 4.80. The van der Waals surface area contributed by atoms with Gasteiger partial charge in [-0.25, -0.2) is 0 Å². The van der Waals surface area contributed by atoms with Crippen LogP contribution < -0.4 is 60.6 Å². The van der Waals surface area contributed by atoms with E-state index in [9.17, 15) is 38.7 Å². The van der Waals surface area contributed by atoms with Gasteiger partial charge in [0.05, 0.1) is 6.61 Å². The fraction of sp³-hybridized carbons (Fsp3) is 0.781. The minimum absolute atomic E-state index is 0.0844. The number of hydrogen-bond donors (Lipinski definition) is 13. The fourth-order valence-corrected chi connectivity index (χ4v) is 5.32. The van der Waals surface area contributed by atoms with Crippen LogP contribution in [0, 0.1) is 0 Å². The van der Waals surface area contributed by atoms with Crippen molar-refractivity contribution in [2.24, 2.45) is 28.7 Å². The number of aliphatic hydroxyl groups excluding tert-OH is 1. The molecule has 52 heavy (non-hydrogen) atoms. The number of unbranched alkanes of at least 4 members (excludes halogenated alkanes) is 4. The number of primary amides is 1. The van der Waals surface area contributed by atoms with E-state index in [2.05, 4.69) is 44.5 Å². The highest BCUT2D eigenvalue weighted by molar-refractivity contribution is 7.80. The zero-order chi connectivity index (χ0) is 39.5. The molecule has 0 fully saturated rings. The van der Waals surface area contributed by atoms with Crippen molar-refractivity contribution in [1.82, 2.24) is 31.9 Å². The van der Waals surface area contributed by atoms with Gasteiger partial charge in [-0.05, 0) is 103 Å². The van der Waals surface area contributed by atoms with Crippen LogP contribution in [0.3, 0.4) is 0 Å². The summed E-state index contributed by atoms with van der Waals surface area (Å²) in [5.41, 5.74) is 28.0. The number of nitrogens with two attached hydrogens (primary N) is 5. The van der Waals surface area contributed by atoms with Gasteiger partial charge in [-0.15, -0.1) is 0 Å². The molecule has 0 saturated carbocycles. The van der Waals surface area contributed by atoms with Crippen LogP contribution in [0.15, 0.2) is 0 Å². The van der Waals surface area contributed by atoms with Crippen molar-refractivity contribution in [2.45, 2.75) is 120 Å². The van der Waals surface area contributed by atoms with Gasteiger partial charge >= 0.3 is 0 Å². The Morgan fingerprint density at radius 2 is 0.769 bits per heavy atom. The summed E-state index contributed by atoms with van der Waals surface area (Å²) in [4.78, 5) is 90.1. The SMILES string of the molecule is CC(=O)N[C@@H](CS)C(=O)NC(CO)C(=O)N[C@@H](CCCCN)C(=O)NC(CCCCN)C(=O)N[C@@H](CCCCN)C(=O)NC(CCCCN)C(N)=O. The summed E-state index contributed by atoms with van der Waals surface area (Å²) in [7, 11) is 0. The monoisotopic (exact) mass is 761 g/mol. The molecule has 0 spiro atoms. The van der Waals surface area contributed by atoms with Gasteiger partial charge in [0.2, 0.25) is 41.4 Å². The largest absolute Gasteiger partial charge is 0.394 e. The van der Waals surface area contributed by atoms with E-state index >= 15 is 0 Å². The van der Waals surface area contributed by atoms with E-state index in [1.807, 2.05) is 0 Å². The molecule has 0 aromatic carbocycles. The van der Waals surface area contributed by atoms with E-state index in [1.54, 1.807) is 0 Å². The molecule has 0 saturated heterocycles. The van der Waals surface area contributed by atoms with Crippen LogP contribution >= 0.6 is 12.6 Å². The molecule has 6 atom stereocenters. The number of thiol groups is 1. The van der Waals surface area contributed by atoms with Gasteiger partial charge in [-0.1, -0.05) is 0 Å². The lowest BCUT2D eigenvalue weighted by atomic mass is 10.0. The smallest absolute Gasteiger partial charge is 0.245 e. The first-order valence-corrected chi connectivity index (χ1v) is 18.5. The second-order valence-electron chi connectivity index (χ2n) is 12.5. The Balaban J connectivity index is 6.12. The second-order valence-corrected chi connectivity index (χ2v) is 12.8. The Hall–Kier alpha value is -3.56. The standard InChI is InChI=1S/C32H63N11O8S/c1-20(45)38-26(19-52)32(51)43-25(18-44)31(50)42-24(13-5-9-17-36)30(49)41-23(12-4-8-16-35)29(48)40-22(11-3-7-15-34)28(47)39-21(27(37)46)10-2-6-14-33/h21-26,44,52H,2-19,33-36H2,1H3,(H2,37,46)(H,38,45)(H,39,47)(H,40,48)(H,41,49)(H,42,50)(H,43,51)/t21?,22-,23?,24-,25?,26-/m0/s1. The summed E-state index contributed by atoms with van der Waals surface area (Å²) >= 11 is 4.04. The predicted molar refractivity (Wildman–Crippen MR) is 199 cm³/mol. The van der Waals surface area contributed by atoms with Gasteiger partial charge < -0.3 is 65.7 Å². The average Bonchev–Trinajstić information content (AvgIpc) is 3.10. The zero-order valence-electron chi connectivity index (χ0n) is 30.3. The van der Waals surface area contributed by atoms with E-state index in [4.69, 9.17) is 28.7 Å². The van der Waals surface area contributed by atoms with Crippen molar-refractivity contribution in [3.8, 4) is 0 Å². The Labute approximate surface area is 311 Å². The molecule has 0 aromatic heterocycles. The second kappa shape index (κ2) is 29.0. The highest BCUT2D eigenvalue weighted by Crippen LogP contribution is 2.09. The van der Waals surface area contributed by atoms with Crippen LogP contribution in [0.5, 0.6) is 0 Å². The number of rotatable bonds is 30. The predicted octanol–water partition coefficient (Wildman–Crippen LogP) is -4.16. The average molecular weight is 762 g/mol. The highest BCUT2D eigenvalue weighted by atomic mass is 32.1. The number of aliphatic hydroxyl groups is 1. The zero-order valence-corrected chi connectivity index (χ0v) is 31.2. The third-order valence-electron chi connectivity index (χ3n) is 8.04. The van der Waals surface area contributed by atoms with Crippen molar-refractivity contribution in [3.05, 3.63) is 0 Å². The first-order chi connectivity index (χ1) is 24.8. The van der Waals surface area contributed by atoms with E-state index < -0.39 is 84.2 Å². The molecule has 0 heterocycles. The van der Waals surface area contributed by atoms with Crippen molar-refractivity contribution in [3.63, 3.8) is 0 Å². The normalized spacial score (nSPS) is 14.4. The number of carbonyl (C=O) groups is 7. The van der Waals surface area contributed by atoms with Gasteiger partial charge in [0.25, 0.3) is 0 Å². The van der Waals surface area contributed by atoms with E-state index in [0.717, 1.165) is 0 Å². The quantitative estimate of drug-likeness (QED) is 0.0245. The van der Waals surface area contributed by atoms with Crippen LogP contribution in [-0.2, 0) is 33.6 Å². The van der Waals surface area contributed by atoms with Crippen molar-refractivity contribution >= 4 is 54.0 Å². The molecule has 19 nitrogen and oxygen atoms in total. The lowest BCUT2D eigenvalue weighted by Crippen LogP contribution is -2.60. The molecule has 300 valence electrons. The summed E-state index contributed by atoms with van der Waals surface area (Å²) in [6, 6.07) is -7.00. The third-order valence-corrected chi connectivity index (χ3v) is 8.40. The molecule has 0 radical (unpaired) electrons. The Morgan fingerprint density at radius 1 is 0.481 bits per heavy atom. The molecule has 3 unspecified atom stereocenters. The molecule has 7 amide bonds. The molecule has 0 aromatic rings. The minimum atomic E-state index is -1.48. The van der Waals surface area contributed by atoms with Gasteiger partial charge in [0.1, 0.15) is 36.3 Å². The lowest BCUT2D eigenvalue weighted by molar-refractivity contribution is -0.136. The van der Waals surface area contributed by atoms with Crippen LogP contribution in [0.25, 0.3) is 0 Å². The van der Waals surface area contributed by atoms with Gasteiger partial charge in [0, 0.05) is 12.7 Å². The van der Waals surface area contributed by atoms with Gasteiger partial charge in [-0.2, -0.15) is 12.6 Å². The first kappa shape index (κ1) is 48.4. The molecular weight excluding hydrogens is 698 g/mol. The maximum atomic E-state index is 13.7. The van der Waals surface area contributed by atoms with E-state index in [-0.39, 0.29) is 31.4 Å². The summed E-state index contributed by atoms with van der Waals surface area (Å²) in [5.74, 6) is -5.02. The maximum Gasteiger partial charge on any atom is 0.245 e. The van der Waals surface area contributed by atoms with Crippen LogP contribution in [0.1, 0.15) is 84.0 Å². The number of hydrogen-bond acceptors (Lipinski definition) is 13. The van der Waals surface area contributed by atoms with Gasteiger partial charge in [-0.3, -0.25) is 33.6 Å². The number of amides is 7. The first-order valence-electron chi connectivity index (χ1n) is 17.9. The number of carbonyl (C=O) groups excluding carboxylic acids is 7. The van der Waals surface area contributed by atoms with E-state index in [1.165, 1.54) is 6.92 Å². The van der Waals surface area contributed by atoms with Crippen molar-refractivity contribution in [2.75, 3.05) is 38.5 Å². The lowest BCUT2D eigenvalue weighted by Gasteiger charge is -2.27.